The van der Waals surface area contributed by atoms with E-state index in [1.807, 2.05) is 0 Å². The van der Waals surface area contributed by atoms with Crippen molar-refractivity contribution in [3.8, 4) is 0 Å². The van der Waals surface area contributed by atoms with Crippen LogP contribution in [-0.2, 0) is 0 Å². The van der Waals surface area contributed by atoms with Crippen LogP contribution in [0.25, 0.3) is 0 Å². The summed E-state index contributed by atoms with van der Waals surface area (Å²) >= 11 is 0. The van der Waals surface area contributed by atoms with E-state index in [0.29, 0.717) is 12.0 Å². The van der Waals surface area contributed by atoms with Gasteiger partial charge < -0.3 is 5.11 Å². The van der Waals surface area contributed by atoms with Crippen LogP contribution in [0, 0.1) is 11.3 Å². The van der Waals surface area contributed by atoms with Crippen molar-refractivity contribution >= 4 is 0 Å². The van der Waals surface area contributed by atoms with Gasteiger partial charge in [0, 0.05) is 31.7 Å². The fraction of sp³-hybridized carbons (Fsp3) is 1.00. The van der Waals surface area contributed by atoms with Crippen molar-refractivity contribution in [2.45, 2.75) is 64.6 Å². The van der Waals surface area contributed by atoms with Gasteiger partial charge in [0.25, 0.3) is 0 Å². The number of hydrogen-bond donors (Lipinski definition) is 1. The molecule has 2 heterocycles. The van der Waals surface area contributed by atoms with Gasteiger partial charge in [-0.15, -0.1) is 0 Å². The molecule has 1 saturated carbocycles. The van der Waals surface area contributed by atoms with E-state index in [1.54, 1.807) is 0 Å². The van der Waals surface area contributed by atoms with Gasteiger partial charge in [-0.05, 0) is 50.5 Å². The van der Waals surface area contributed by atoms with Crippen LogP contribution in [0.5, 0.6) is 0 Å². The van der Waals surface area contributed by atoms with Gasteiger partial charge in [0.1, 0.15) is 0 Å². The Morgan fingerprint density at radius 1 is 1.21 bits per heavy atom. The normalized spacial score (nSPS) is 43.6. The SMILES string of the molecule is CC1CN2CCCC2CN1CC1CCC(C)(C)C1O. The minimum Gasteiger partial charge on any atom is -0.392 e. The molecule has 3 aliphatic rings. The van der Waals surface area contributed by atoms with Crippen LogP contribution < -0.4 is 0 Å². The minimum atomic E-state index is -0.110. The Hall–Kier alpha value is -0.120. The molecule has 0 radical (unpaired) electrons. The Bertz CT molecular complexity index is 331. The van der Waals surface area contributed by atoms with Crippen LogP contribution in [0.3, 0.4) is 0 Å². The molecule has 3 fully saturated rings. The Kier molecular flexibility index (Phi) is 3.65. The highest BCUT2D eigenvalue weighted by molar-refractivity contribution is 4.96. The number of hydrogen-bond acceptors (Lipinski definition) is 3. The maximum atomic E-state index is 10.5. The van der Waals surface area contributed by atoms with Crippen LogP contribution in [0.15, 0.2) is 0 Å². The second-order valence-electron chi connectivity index (χ2n) is 7.83. The van der Waals surface area contributed by atoms with Gasteiger partial charge in [0.2, 0.25) is 0 Å². The van der Waals surface area contributed by atoms with Gasteiger partial charge in [0.05, 0.1) is 6.10 Å². The predicted octanol–water partition coefficient (Wildman–Crippen LogP) is 1.95. The van der Waals surface area contributed by atoms with Crippen LogP contribution in [0.1, 0.15) is 46.5 Å². The third-order valence-corrected chi connectivity index (χ3v) is 5.94. The molecule has 3 heteroatoms. The molecule has 0 aromatic rings. The number of aliphatic hydroxyl groups excluding tert-OH is 1. The molecule has 19 heavy (non-hydrogen) atoms. The lowest BCUT2D eigenvalue weighted by Gasteiger charge is -2.43. The summed E-state index contributed by atoms with van der Waals surface area (Å²) in [6, 6.07) is 1.45. The molecule has 0 aromatic carbocycles. The standard InChI is InChI=1S/C16H30N2O/c1-12-9-17-8-4-5-14(17)11-18(12)10-13-6-7-16(2,3)15(13)19/h12-15,19H,4-11H2,1-3H3. The monoisotopic (exact) mass is 266 g/mol. The number of rotatable bonds is 2. The fourth-order valence-electron chi connectivity index (χ4n) is 4.50. The van der Waals surface area contributed by atoms with E-state index in [1.165, 1.54) is 45.3 Å². The summed E-state index contributed by atoms with van der Waals surface area (Å²) in [5, 5.41) is 10.5. The fourth-order valence-corrected chi connectivity index (χ4v) is 4.50. The molecule has 0 bridgehead atoms. The first-order chi connectivity index (χ1) is 8.97. The van der Waals surface area contributed by atoms with E-state index in [4.69, 9.17) is 0 Å². The zero-order valence-electron chi connectivity index (χ0n) is 12.8. The van der Waals surface area contributed by atoms with Crippen molar-refractivity contribution in [2.75, 3.05) is 26.2 Å². The smallest absolute Gasteiger partial charge is 0.0631 e. The highest BCUT2D eigenvalue weighted by Crippen LogP contribution is 2.42. The molecule has 2 saturated heterocycles. The molecule has 0 aromatic heterocycles. The molecule has 0 spiro atoms. The molecular weight excluding hydrogens is 236 g/mol. The number of nitrogens with zero attached hydrogens (tertiary/aromatic N) is 2. The number of piperazine rings is 1. The Morgan fingerprint density at radius 2 is 2.00 bits per heavy atom. The number of fused-ring (bicyclic) bond motifs is 1. The molecule has 1 aliphatic carbocycles. The topological polar surface area (TPSA) is 26.7 Å². The zero-order chi connectivity index (χ0) is 13.6. The highest BCUT2D eigenvalue weighted by Gasteiger charge is 2.43. The van der Waals surface area contributed by atoms with Crippen molar-refractivity contribution in [3.63, 3.8) is 0 Å². The Labute approximate surface area is 118 Å². The third-order valence-electron chi connectivity index (χ3n) is 5.94. The lowest BCUT2D eigenvalue weighted by atomic mass is 9.87. The van der Waals surface area contributed by atoms with Gasteiger partial charge in [-0.3, -0.25) is 9.80 Å². The van der Waals surface area contributed by atoms with E-state index >= 15 is 0 Å². The van der Waals surface area contributed by atoms with Gasteiger partial charge >= 0.3 is 0 Å². The lowest BCUT2D eigenvalue weighted by Crippen LogP contribution is -2.56. The quantitative estimate of drug-likeness (QED) is 0.827. The Morgan fingerprint density at radius 3 is 2.68 bits per heavy atom. The summed E-state index contributed by atoms with van der Waals surface area (Å²) in [5.74, 6) is 0.491. The summed E-state index contributed by atoms with van der Waals surface area (Å²) in [6.45, 7) is 11.7. The summed E-state index contributed by atoms with van der Waals surface area (Å²) < 4.78 is 0. The van der Waals surface area contributed by atoms with Crippen molar-refractivity contribution in [2.24, 2.45) is 11.3 Å². The molecule has 2 aliphatic heterocycles. The molecule has 3 rings (SSSR count). The molecule has 4 atom stereocenters. The lowest BCUT2D eigenvalue weighted by molar-refractivity contribution is 0.00348. The first-order valence-corrected chi connectivity index (χ1v) is 8.13. The van der Waals surface area contributed by atoms with E-state index in [-0.39, 0.29) is 11.5 Å². The van der Waals surface area contributed by atoms with E-state index in [2.05, 4.69) is 30.6 Å². The van der Waals surface area contributed by atoms with E-state index < -0.39 is 0 Å². The summed E-state index contributed by atoms with van der Waals surface area (Å²) in [6.07, 6.45) is 5.02. The van der Waals surface area contributed by atoms with Gasteiger partial charge in [-0.1, -0.05) is 13.8 Å². The van der Waals surface area contributed by atoms with Gasteiger partial charge in [-0.2, -0.15) is 0 Å². The predicted molar refractivity (Wildman–Crippen MR) is 78.1 cm³/mol. The van der Waals surface area contributed by atoms with E-state index in [9.17, 15) is 5.11 Å². The summed E-state index contributed by atoms with van der Waals surface area (Å²) in [4.78, 5) is 5.33. The largest absolute Gasteiger partial charge is 0.392 e. The van der Waals surface area contributed by atoms with E-state index in [0.717, 1.165) is 12.6 Å². The summed E-state index contributed by atoms with van der Waals surface area (Å²) in [7, 11) is 0. The van der Waals surface area contributed by atoms with Crippen molar-refractivity contribution < 1.29 is 5.11 Å². The molecular formula is C16H30N2O. The van der Waals surface area contributed by atoms with Crippen LogP contribution in [0.4, 0.5) is 0 Å². The molecule has 110 valence electrons. The van der Waals surface area contributed by atoms with Crippen LogP contribution in [0.2, 0.25) is 0 Å². The van der Waals surface area contributed by atoms with Gasteiger partial charge in [0.15, 0.2) is 0 Å². The maximum absolute atomic E-state index is 10.5. The number of aliphatic hydroxyl groups is 1. The second kappa shape index (κ2) is 5.01. The van der Waals surface area contributed by atoms with Gasteiger partial charge in [-0.25, -0.2) is 0 Å². The second-order valence-corrected chi connectivity index (χ2v) is 7.83. The first-order valence-electron chi connectivity index (χ1n) is 8.13. The zero-order valence-corrected chi connectivity index (χ0v) is 12.8. The molecule has 1 N–H and O–H groups in total. The van der Waals surface area contributed by atoms with Crippen molar-refractivity contribution in [3.05, 3.63) is 0 Å². The summed E-state index contributed by atoms with van der Waals surface area (Å²) in [5.41, 5.74) is 0.128. The average molecular weight is 266 g/mol. The van der Waals surface area contributed by atoms with Crippen molar-refractivity contribution in [1.82, 2.24) is 9.80 Å². The molecule has 3 nitrogen and oxygen atoms in total. The Balaban J connectivity index is 1.60. The highest BCUT2D eigenvalue weighted by atomic mass is 16.3. The van der Waals surface area contributed by atoms with Crippen molar-refractivity contribution in [1.29, 1.82) is 0 Å². The minimum absolute atomic E-state index is 0.110. The van der Waals surface area contributed by atoms with Crippen LogP contribution >= 0.6 is 0 Å². The first kappa shape index (κ1) is 13.8. The molecule has 4 unspecified atom stereocenters. The van der Waals surface area contributed by atoms with Crippen LogP contribution in [-0.4, -0.2) is 59.3 Å². The third kappa shape index (κ3) is 2.57. The maximum Gasteiger partial charge on any atom is 0.0631 e. The average Bonchev–Trinajstić information content (AvgIpc) is 2.89. The molecule has 0 amide bonds.